The molecule has 4 nitrogen and oxygen atoms in total. The molecule has 0 radical (unpaired) electrons. The first kappa shape index (κ1) is 18.5. The molecule has 124 valence electrons. The minimum Gasteiger partial charge on any atom is -0.493 e. The van der Waals surface area contributed by atoms with Crippen molar-refractivity contribution >= 4 is 5.91 Å². The molecule has 0 aliphatic heterocycles. The molecule has 1 atom stereocenters. The summed E-state index contributed by atoms with van der Waals surface area (Å²) < 4.78 is 5.70. The Morgan fingerprint density at radius 1 is 1.23 bits per heavy atom. The van der Waals surface area contributed by atoms with Crippen LogP contribution in [0.5, 0.6) is 5.75 Å². The second-order valence-electron chi connectivity index (χ2n) is 6.97. The molecule has 0 spiro atoms. The van der Waals surface area contributed by atoms with Crippen molar-refractivity contribution < 1.29 is 9.53 Å². The molecule has 0 aliphatic rings. The number of amides is 1. The highest BCUT2D eigenvalue weighted by molar-refractivity contribution is 5.78. The summed E-state index contributed by atoms with van der Waals surface area (Å²) in [6.45, 7) is 12.0. The van der Waals surface area contributed by atoms with Crippen molar-refractivity contribution in [3.05, 3.63) is 29.8 Å². The van der Waals surface area contributed by atoms with Gasteiger partial charge in [-0.25, -0.2) is 0 Å². The number of nitrogens with one attached hydrogen (secondary N) is 1. The summed E-state index contributed by atoms with van der Waals surface area (Å²) in [5.41, 5.74) is 6.55. The van der Waals surface area contributed by atoms with Gasteiger partial charge in [0, 0.05) is 24.4 Å². The van der Waals surface area contributed by atoms with Crippen LogP contribution in [0.4, 0.5) is 0 Å². The summed E-state index contributed by atoms with van der Waals surface area (Å²) in [7, 11) is 0. The summed E-state index contributed by atoms with van der Waals surface area (Å²) in [6.07, 6.45) is 0. The van der Waals surface area contributed by atoms with Crippen LogP contribution >= 0.6 is 0 Å². The molecule has 3 N–H and O–H groups in total. The quantitative estimate of drug-likeness (QED) is 0.776. The monoisotopic (exact) mass is 306 g/mol. The van der Waals surface area contributed by atoms with E-state index in [4.69, 9.17) is 10.5 Å². The van der Waals surface area contributed by atoms with E-state index >= 15 is 0 Å². The molecule has 0 aliphatic carbocycles. The molecule has 4 heteroatoms. The highest BCUT2D eigenvalue weighted by Crippen LogP contribution is 2.25. The molecular formula is C18H30N2O2. The van der Waals surface area contributed by atoms with Gasteiger partial charge in [-0.1, -0.05) is 46.8 Å². The van der Waals surface area contributed by atoms with Gasteiger partial charge in [-0.2, -0.15) is 0 Å². The van der Waals surface area contributed by atoms with Crippen molar-refractivity contribution in [3.63, 3.8) is 0 Å². The van der Waals surface area contributed by atoms with Crippen LogP contribution in [-0.2, 0) is 10.2 Å². The Kier molecular flexibility index (Phi) is 6.88. The lowest BCUT2D eigenvalue weighted by molar-refractivity contribution is -0.124. The predicted molar refractivity (Wildman–Crippen MR) is 91.0 cm³/mol. The lowest BCUT2D eigenvalue weighted by Crippen LogP contribution is -2.40. The number of carbonyl (C=O) groups is 1. The summed E-state index contributed by atoms with van der Waals surface area (Å²) >= 11 is 0. The lowest BCUT2D eigenvalue weighted by atomic mass is 9.84. The third kappa shape index (κ3) is 5.68. The Bertz CT molecular complexity index is 466. The van der Waals surface area contributed by atoms with Crippen LogP contribution < -0.4 is 15.8 Å². The number of benzene rings is 1. The molecule has 1 aromatic carbocycles. The average Bonchev–Trinajstić information content (AvgIpc) is 2.50. The van der Waals surface area contributed by atoms with Gasteiger partial charge in [0.25, 0.3) is 0 Å². The van der Waals surface area contributed by atoms with Crippen molar-refractivity contribution in [2.75, 3.05) is 19.7 Å². The second kappa shape index (κ2) is 8.18. The number of hydrogen-bond acceptors (Lipinski definition) is 3. The minimum absolute atomic E-state index is 0.00691. The Hall–Kier alpha value is -1.55. The highest BCUT2D eigenvalue weighted by atomic mass is 16.5. The van der Waals surface area contributed by atoms with E-state index in [2.05, 4.69) is 45.1 Å². The molecule has 0 saturated carbocycles. The fourth-order valence-electron chi connectivity index (χ4n) is 1.96. The fraction of sp³-hybridized carbons (Fsp3) is 0.611. The predicted octanol–water partition coefficient (Wildman–Crippen LogP) is 2.71. The number of nitrogens with two attached hydrogens (primary N) is 1. The minimum atomic E-state index is -0.150. The molecular weight excluding hydrogens is 276 g/mol. The van der Waals surface area contributed by atoms with Crippen molar-refractivity contribution in [1.29, 1.82) is 0 Å². The Labute approximate surface area is 134 Å². The summed E-state index contributed by atoms with van der Waals surface area (Å²) in [5.74, 6) is 1.25. The summed E-state index contributed by atoms with van der Waals surface area (Å²) in [5, 5.41) is 2.98. The smallest absolute Gasteiger partial charge is 0.224 e. The number of carbonyl (C=O) groups excluding carboxylic acids is 1. The Morgan fingerprint density at radius 2 is 1.82 bits per heavy atom. The van der Waals surface area contributed by atoms with Gasteiger partial charge in [-0.15, -0.1) is 0 Å². The van der Waals surface area contributed by atoms with Crippen LogP contribution in [0.15, 0.2) is 24.3 Å². The van der Waals surface area contributed by atoms with Gasteiger partial charge in [0.05, 0.1) is 6.61 Å². The highest BCUT2D eigenvalue weighted by Gasteiger charge is 2.22. The van der Waals surface area contributed by atoms with E-state index in [0.29, 0.717) is 19.0 Å². The summed E-state index contributed by atoms with van der Waals surface area (Å²) in [4.78, 5) is 11.8. The topological polar surface area (TPSA) is 64.3 Å². The van der Waals surface area contributed by atoms with E-state index in [0.717, 1.165) is 12.4 Å². The lowest BCUT2D eigenvalue weighted by Gasteiger charge is -2.26. The molecule has 0 aromatic heterocycles. The maximum atomic E-state index is 11.8. The fourth-order valence-corrected chi connectivity index (χ4v) is 1.96. The number of ether oxygens (including phenoxy) is 1. The first-order valence-electron chi connectivity index (χ1n) is 7.97. The zero-order valence-electron chi connectivity index (χ0n) is 14.5. The van der Waals surface area contributed by atoms with Crippen molar-refractivity contribution in [1.82, 2.24) is 5.32 Å². The number of rotatable bonds is 8. The SMILES string of the molecule is CC(C)COc1ccc(C(C)(C)CNC(=O)C(C)CN)cc1. The summed E-state index contributed by atoms with van der Waals surface area (Å²) in [6, 6.07) is 8.11. The largest absolute Gasteiger partial charge is 0.493 e. The maximum Gasteiger partial charge on any atom is 0.224 e. The van der Waals surface area contributed by atoms with Gasteiger partial charge < -0.3 is 15.8 Å². The van der Waals surface area contributed by atoms with Gasteiger partial charge in [0.2, 0.25) is 5.91 Å². The van der Waals surface area contributed by atoms with E-state index in [1.165, 1.54) is 5.56 Å². The Morgan fingerprint density at radius 3 is 2.32 bits per heavy atom. The van der Waals surface area contributed by atoms with Crippen LogP contribution in [0.1, 0.15) is 40.2 Å². The molecule has 1 rings (SSSR count). The maximum absolute atomic E-state index is 11.8. The Balaban J connectivity index is 2.62. The number of hydrogen-bond donors (Lipinski definition) is 2. The van der Waals surface area contributed by atoms with Crippen molar-refractivity contribution in [2.24, 2.45) is 17.6 Å². The molecule has 22 heavy (non-hydrogen) atoms. The van der Waals surface area contributed by atoms with Gasteiger partial charge in [-0.05, 0) is 23.6 Å². The van der Waals surface area contributed by atoms with Crippen LogP contribution in [0.2, 0.25) is 0 Å². The molecule has 1 unspecified atom stereocenters. The second-order valence-corrected chi connectivity index (χ2v) is 6.97. The molecule has 1 amide bonds. The van der Waals surface area contributed by atoms with E-state index in [9.17, 15) is 4.79 Å². The molecule has 0 saturated heterocycles. The first-order chi connectivity index (χ1) is 10.3. The average molecular weight is 306 g/mol. The van der Waals surface area contributed by atoms with Crippen LogP contribution in [0.3, 0.4) is 0 Å². The van der Waals surface area contributed by atoms with E-state index in [-0.39, 0.29) is 17.2 Å². The van der Waals surface area contributed by atoms with E-state index in [1.807, 2.05) is 19.1 Å². The van der Waals surface area contributed by atoms with Crippen LogP contribution in [0, 0.1) is 11.8 Å². The van der Waals surface area contributed by atoms with Gasteiger partial charge in [-0.3, -0.25) is 4.79 Å². The van der Waals surface area contributed by atoms with Crippen molar-refractivity contribution in [3.8, 4) is 5.75 Å². The molecule has 0 fully saturated rings. The molecule has 1 aromatic rings. The third-order valence-corrected chi connectivity index (χ3v) is 3.72. The van der Waals surface area contributed by atoms with E-state index in [1.54, 1.807) is 0 Å². The standard InChI is InChI=1S/C18H30N2O2/c1-13(2)11-22-16-8-6-15(7-9-16)18(4,5)12-20-17(21)14(3)10-19/h6-9,13-14H,10-12,19H2,1-5H3,(H,20,21). The van der Waals surface area contributed by atoms with Crippen molar-refractivity contribution in [2.45, 2.75) is 40.0 Å². The first-order valence-corrected chi connectivity index (χ1v) is 7.97. The third-order valence-electron chi connectivity index (χ3n) is 3.72. The van der Waals surface area contributed by atoms with E-state index < -0.39 is 0 Å². The molecule has 0 heterocycles. The zero-order valence-corrected chi connectivity index (χ0v) is 14.5. The van der Waals surface area contributed by atoms with Gasteiger partial charge in [0.15, 0.2) is 0 Å². The van der Waals surface area contributed by atoms with Gasteiger partial charge in [0.1, 0.15) is 5.75 Å². The zero-order chi connectivity index (χ0) is 16.8. The normalized spacial score (nSPS) is 13.0. The molecule has 0 bridgehead atoms. The van der Waals surface area contributed by atoms with Crippen LogP contribution in [-0.4, -0.2) is 25.6 Å². The van der Waals surface area contributed by atoms with Gasteiger partial charge >= 0.3 is 0 Å². The van der Waals surface area contributed by atoms with Crippen LogP contribution in [0.25, 0.3) is 0 Å².